The molecule has 1 unspecified atom stereocenters. The van der Waals surface area contributed by atoms with Crippen molar-refractivity contribution < 1.29 is 4.79 Å². The maximum Gasteiger partial charge on any atom is 0.220 e. The molecular weight excluding hydrogens is 198 g/mol. The highest BCUT2D eigenvalue weighted by atomic mass is 16.1. The predicted molar refractivity (Wildman–Crippen MR) is 65.1 cm³/mol. The van der Waals surface area contributed by atoms with E-state index in [2.05, 4.69) is 43.4 Å². The Morgan fingerprint density at radius 1 is 1.31 bits per heavy atom. The average Bonchev–Trinajstić information content (AvgIpc) is 2.65. The summed E-state index contributed by atoms with van der Waals surface area (Å²) in [5.41, 5.74) is 2.61. The van der Waals surface area contributed by atoms with Gasteiger partial charge < -0.3 is 5.32 Å². The Kier molecular flexibility index (Phi) is 3.28. The molecule has 1 fully saturated rings. The molecule has 1 N–H and O–H groups in total. The first-order valence-corrected chi connectivity index (χ1v) is 6.03. The number of rotatable bonds is 3. The Bertz CT molecular complexity index is 367. The summed E-state index contributed by atoms with van der Waals surface area (Å²) in [4.78, 5) is 11.1. The fraction of sp³-hybridized carbons (Fsp3) is 0.500. The van der Waals surface area contributed by atoms with Crippen molar-refractivity contribution in [3.63, 3.8) is 0 Å². The van der Waals surface area contributed by atoms with E-state index in [1.165, 1.54) is 11.1 Å². The summed E-state index contributed by atoms with van der Waals surface area (Å²) in [6, 6.07) is 8.89. The van der Waals surface area contributed by atoms with E-state index in [0.29, 0.717) is 12.3 Å². The van der Waals surface area contributed by atoms with Crippen LogP contribution in [-0.2, 0) is 11.2 Å². The number of benzene rings is 1. The van der Waals surface area contributed by atoms with Crippen LogP contribution >= 0.6 is 0 Å². The van der Waals surface area contributed by atoms with E-state index in [4.69, 9.17) is 0 Å². The zero-order valence-corrected chi connectivity index (χ0v) is 9.99. The van der Waals surface area contributed by atoms with Crippen LogP contribution in [-0.4, -0.2) is 5.91 Å². The van der Waals surface area contributed by atoms with E-state index >= 15 is 0 Å². The first kappa shape index (κ1) is 11.2. The van der Waals surface area contributed by atoms with Gasteiger partial charge in [-0.2, -0.15) is 0 Å². The summed E-state index contributed by atoms with van der Waals surface area (Å²) in [6.45, 7) is 4.45. The van der Waals surface area contributed by atoms with Crippen molar-refractivity contribution in [3.05, 3.63) is 35.4 Å². The molecule has 1 heterocycles. The van der Waals surface area contributed by atoms with Crippen molar-refractivity contribution in [3.8, 4) is 0 Å². The molecule has 1 aromatic rings. The Morgan fingerprint density at radius 3 is 2.50 bits per heavy atom. The van der Waals surface area contributed by atoms with Crippen molar-refractivity contribution in [1.29, 1.82) is 0 Å². The number of hydrogen-bond donors (Lipinski definition) is 1. The third kappa shape index (κ3) is 2.63. The van der Waals surface area contributed by atoms with Crippen molar-refractivity contribution in [1.82, 2.24) is 5.32 Å². The number of amides is 1. The molecule has 86 valence electrons. The van der Waals surface area contributed by atoms with Crippen LogP contribution in [0.2, 0.25) is 0 Å². The predicted octanol–water partition coefficient (Wildman–Crippen LogP) is 2.84. The molecule has 2 rings (SSSR count). The van der Waals surface area contributed by atoms with Crippen molar-refractivity contribution in [2.24, 2.45) is 5.92 Å². The van der Waals surface area contributed by atoms with E-state index in [9.17, 15) is 4.79 Å². The molecule has 2 heteroatoms. The van der Waals surface area contributed by atoms with E-state index in [1.807, 2.05) is 0 Å². The first-order valence-electron chi connectivity index (χ1n) is 6.03. The molecule has 1 aromatic carbocycles. The Balaban J connectivity index is 2.04. The number of carbonyl (C=O) groups is 1. The van der Waals surface area contributed by atoms with Crippen molar-refractivity contribution in [2.45, 2.75) is 39.2 Å². The van der Waals surface area contributed by atoms with Gasteiger partial charge in [-0.05, 0) is 29.9 Å². The summed E-state index contributed by atoms with van der Waals surface area (Å²) in [5.74, 6) is 0.869. The Hall–Kier alpha value is -1.31. The van der Waals surface area contributed by atoms with Crippen molar-refractivity contribution >= 4 is 5.91 Å². The van der Waals surface area contributed by atoms with Gasteiger partial charge in [0.1, 0.15) is 0 Å². The van der Waals surface area contributed by atoms with Crippen LogP contribution in [0.1, 0.15) is 43.9 Å². The smallest absolute Gasteiger partial charge is 0.220 e. The summed E-state index contributed by atoms with van der Waals surface area (Å²) >= 11 is 0. The lowest BCUT2D eigenvalue weighted by Crippen LogP contribution is -2.18. The standard InChI is InChI=1S/C14H19NO/c1-10(2)9-11-3-5-12(6-4-11)13-7-8-14(16)15-13/h3-6,10,13H,7-9H2,1-2H3,(H,15,16). The summed E-state index contributed by atoms with van der Waals surface area (Å²) in [7, 11) is 0. The van der Waals surface area contributed by atoms with Crippen LogP contribution in [0.25, 0.3) is 0 Å². The normalized spacial score (nSPS) is 20.2. The van der Waals surface area contributed by atoms with Gasteiger partial charge in [0.25, 0.3) is 0 Å². The number of nitrogens with one attached hydrogen (secondary N) is 1. The second-order valence-corrected chi connectivity index (χ2v) is 5.00. The molecular formula is C14H19NO. The SMILES string of the molecule is CC(C)Cc1ccc(C2CCC(=O)N2)cc1. The molecule has 1 atom stereocenters. The zero-order valence-electron chi connectivity index (χ0n) is 9.99. The second kappa shape index (κ2) is 4.69. The minimum absolute atomic E-state index is 0.177. The van der Waals surface area contributed by atoms with Gasteiger partial charge in [-0.25, -0.2) is 0 Å². The largest absolute Gasteiger partial charge is 0.349 e. The zero-order chi connectivity index (χ0) is 11.5. The third-order valence-corrected chi connectivity index (χ3v) is 3.02. The highest BCUT2D eigenvalue weighted by Crippen LogP contribution is 2.24. The van der Waals surface area contributed by atoms with Crippen LogP contribution < -0.4 is 5.32 Å². The van der Waals surface area contributed by atoms with Gasteiger partial charge in [0, 0.05) is 6.42 Å². The van der Waals surface area contributed by atoms with Gasteiger partial charge >= 0.3 is 0 Å². The van der Waals surface area contributed by atoms with Gasteiger partial charge in [-0.3, -0.25) is 4.79 Å². The maximum absolute atomic E-state index is 11.1. The maximum atomic E-state index is 11.1. The molecule has 16 heavy (non-hydrogen) atoms. The topological polar surface area (TPSA) is 29.1 Å². The fourth-order valence-electron chi connectivity index (χ4n) is 2.22. The van der Waals surface area contributed by atoms with Crippen LogP contribution in [0.15, 0.2) is 24.3 Å². The van der Waals surface area contributed by atoms with Gasteiger partial charge in [0.15, 0.2) is 0 Å². The molecule has 0 radical (unpaired) electrons. The third-order valence-electron chi connectivity index (χ3n) is 3.02. The molecule has 1 saturated heterocycles. The van der Waals surface area contributed by atoms with Crippen LogP contribution in [0, 0.1) is 5.92 Å². The Labute approximate surface area is 97.1 Å². The molecule has 2 nitrogen and oxygen atoms in total. The van der Waals surface area contributed by atoms with Crippen LogP contribution in [0.3, 0.4) is 0 Å². The van der Waals surface area contributed by atoms with E-state index in [1.54, 1.807) is 0 Å². The lowest BCUT2D eigenvalue weighted by molar-refractivity contribution is -0.119. The monoisotopic (exact) mass is 217 g/mol. The van der Waals surface area contributed by atoms with Crippen LogP contribution in [0.4, 0.5) is 0 Å². The molecule has 1 aliphatic rings. The second-order valence-electron chi connectivity index (χ2n) is 5.00. The molecule has 0 spiro atoms. The van der Waals surface area contributed by atoms with Crippen molar-refractivity contribution in [2.75, 3.05) is 0 Å². The lowest BCUT2D eigenvalue weighted by atomic mass is 9.99. The van der Waals surface area contributed by atoms with E-state index in [-0.39, 0.29) is 11.9 Å². The average molecular weight is 217 g/mol. The van der Waals surface area contributed by atoms with E-state index < -0.39 is 0 Å². The fourth-order valence-corrected chi connectivity index (χ4v) is 2.22. The summed E-state index contributed by atoms with van der Waals surface area (Å²) < 4.78 is 0. The molecule has 1 aliphatic heterocycles. The quantitative estimate of drug-likeness (QED) is 0.828. The number of carbonyl (C=O) groups excluding carboxylic acids is 1. The molecule has 0 aliphatic carbocycles. The molecule has 0 bridgehead atoms. The minimum atomic E-state index is 0.177. The van der Waals surface area contributed by atoms with Crippen LogP contribution in [0.5, 0.6) is 0 Å². The minimum Gasteiger partial charge on any atom is -0.349 e. The molecule has 0 aromatic heterocycles. The lowest BCUT2D eigenvalue weighted by Gasteiger charge is -2.11. The highest BCUT2D eigenvalue weighted by molar-refractivity contribution is 5.78. The number of hydrogen-bond acceptors (Lipinski definition) is 1. The molecule has 1 amide bonds. The first-order chi connectivity index (χ1) is 7.65. The van der Waals surface area contributed by atoms with Gasteiger partial charge in [0.2, 0.25) is 5.91 Å². The molecule has 0 saturated carbocycles. The summed E-state index contributed by atoms with van der Waals surface area (Å²) in [6.07, 6.45) is 2.72. The summed E-state index contributed by atoms with van der Waals surface area (Å²) in [5, 5.41) is 2.99. The highest BCUT2D eigenvalue weighted by Gasteiger charge is 2.21. The van der Waals surface area contributed by atoms with Gasteiger partial charge in [0.05, 0.1) is 6.04 Å². The van der Waals surface area contributed by atoms with E-state index in [0.717, 1.165) is 12.8 Å². The van der Waals surface area contributed by atoms with Gasteiger partial charge in [-0.15, -0.1) is 0 Å². The Morgan fingerprint density at radius 2 is 2.00 bits per heavy atom. The van der Waals surface area contributed by atoms with Gasteiger partial charge in [-0.1, -0.05) is 38.1 Å².